The van der Waals surface area contributed by atoms with Gasteiger partial charge in [-0.3, -0.25) is 14.9 Å². The van der Waals surface area contributed by atoms with Crippen molar-refractivity contribution in [2.24, 2.45) is 0 Å². The Balaban J connectivity index is 2.92. The molecule has 1 rings (SSSR count). The Hall–Kier alpha value is -2.43. The average molecular weight is 260 g/mol. The van der Waals surface area contributed by atoms with E-state index in [-0.39, 0.29) is 11.6 Å². The van der Waals surface area contributed by atoms with Gasteiger partial charge in [0, 0.05) is 30.8 Å². The molecule has 0 aliphatic carbocycles. The maximum atomic E-state index is 12.2. The van der Waals surface area contributed by atoms with Gasteiger partial charge in [-0.25, -0.2) is 0 Å². The first-order valence-corrected chi connectivity index (χ1v) is 5.74. The number of hydrogen-bond acceptors (Lipinski definition) is 3. The van der Waals surface area contributed by atoms with Crippen molar-refractivity contribution in [3.8, 4) is 0 Å². The summed E-state index contributed by atoms with van der Waals surface area (Å²) in [6.45, 7) is 10.1. The highest BCUT2D eigenvalue weighted by molar-refractivity contribution is 5.94. The molecule has 1 aromatic carbocycles. The SMILES string of the molecule is C=CCN(CC(=C)C)C(=O)c1ccc([N+](=O)[O-])cc1. The fourth-order valence-corrected chi connectivity index (χ4v) is 1.61. The molecule has 0 heterocycles. The number of amides is 1. The molecule has 1 amide bonds. The molecule has 0 saturated heterocycles. The van der Waals surface area contributed by atoms with E-state index in [1.807, 2.05) is 6.92 Å². The maximum absolute atomic E-state index is 12.2. The molecule has 0 radical (unpaired) electrons. The molecule has 0 atom stereocenters. The fourth-order valence-electron chi connectivity index (χ4n) is 1.61. The van der Waals surface area contributed by atoms with Crippen LogP contribution in [0.4, 0.5) is 5.69 Å². The smallest absolute Gasteiger partial charge is 0.269 e. The Bertz CT molecular complexity index is 506. The number of benzene rings is 1. The lowest BCUT2D eigenvalue weighted by molar-refractivity contribution is -0.384. The molecule has 5 nitrogen and oxygen atoms in total. The van der Waals surface area contributed by atoms with Crippen LogP contribution in [0.25, 0.3) is 0 Å². The summed E-state index contributed by atoms with van der Waals surface area (Å²) < 4.78 is 0. The van der Waals surface area contributed by atoms with Crippen molar-refractivity contribution in [2.45, 2.75) is 6.92 Å². The standard InChI is InChI=1S/C14H16N2O3/c1-4-9-15(10-11(2)3)14(17)12-5-7-13(8-6-12)16(18)19/h4-8H,1-2,9-10H2,3H3. The Labute approximate surface area is 112 Å². The summed E-state index contributed by atoms with van der Waals surface area (Å²) in [7, 11) is 0. The van der Waals surface area contributed by atoms with E-state index in [1.165, 1.54) is 24.3 Å². The molecule has 100 valence electrons. The Morgan fingerprint density at radius 3 is 2.42 bits per heavy atom. The molecule has 0 aliphatic rings. The van der Waals surface area contributed by atoms with E-state index >= 15 is 0 Å². The van der Waals surface area contributed by atoms with Crippen LogP contribution in [0.15, 0.2) is 49.1 Å². The molecule has 0 aliphatic heterocycles. The van der Waals surface area contributed by atoms with Gasteiger partial charge in [-0.2, -0.15) is 0 Å². The van der Waals surface area contributed by atoms with Gasteiger partial charge >= 0.3 is 0 Å². The van der Waals surface area contributed by atoms with Gasteiger partial charge in [0.05, 0.1) is 4.92 Å². The Morgan fingerprint density at radius 1 is 1.42 bits per heavy atom. The highest BCUT2D eigenvalue weighted by Gasteiger charge is 2.15. The van der Waals surface area contributed by atoms with Gasteiger partial charge in [-0.05, 0) is 19.1 Å². The second kappa shape index (κ2) is 6.49. The average Bonchev–Trinajstić information content (AvgIpc) is 2.37. The number of nitro benzene ring substituents is 1. The molecule has 0 aromatic heterocycles. The quantitative estimate of drug-likeness (QED) is 0.449. The van der Waals surface area contributed by atoms with Gasteiger partial charge in [-0.1, -0.05) is 18.2 Å². The van der Waals surface area contributed by atoms with Crippen LogP contribution in [0.3, 0.4) is 0 Å². The van der Waals surface area contributed by atoms with Crippen molar-refractivity contribution in [2.75, 3.05) is 13.1 Å². The number of hydrogen-bond donors (Lipinski definition) is 0. The van der Waals surface area contributed by atoms with Crippen molar-refractivity contribution >= 4 is 11.6 Å². The van der Waals surface area contributed by atoms with Gasteiger partial charge < -0.3 is 4.90 Å². The van der Waals surface area contributed by atoms with Gasteiger partial charge in [0.25, 0.3) is 11.6 Å². The molecule has 1 aromatic rings. The molecule has 19 heavy (non-hydrogen) atoms. The van der Waals surface area contributed by atoms with Gasteiger partial charge in [-0.15, -0.1) is 6.58 Å². The Morgan fingerprint density at radius 2 is 2.00 bits per heavy atom. The maximum Gasteiger partial charge on any atom is 0.269 e. The van der Waals surface area contributed by atoms with Crippen LogP contribution in [-0.4, -0.2) is 28.8 Å². The molecular formula is C14H16N2O3. The summed E-state index contributed by atoms with van der Waals surface area (Å²) >= 11 is 0. The van der Waals surface area contributed by atoms with Crippen molar-refractivity contribution < 1.29 is 9.72 Å². The molecule has 0 saturated carbocycles. The molecular weight excluding hydrogens is 244 g/mol. The predicted octanol–water partition coefficient (Wildman–Crippen LogP) is 2.80. The lowest BCUT2D eigenvalue weighted by Crippen LogP contribution is -2.32. The van der Waals surface area contributed by atoms with Crippen LogP contribution in [0.1, 0.15) is 17.3 Å². The Kier molecular flexibility index (Phi) is 5.00. The van der Waals surface area contributed by atoms with E-state index < -0.39 is 4.92 Å². The summed E-state index contributed by atoms with van der Waals surface area (Å²) in [5.41, 5.74) is 1.23. The molecule has 0 unspecified atom stereocenters. The third-order valence-corrected chi connectivity index (χ3v) is 2.42. The van der Waals surface area contributed by atoms with Crippen LogP contribution < -0.4 is 0 Å². The van der Waals surface area contributed by atoms with Crippen LogP contribution in [0.5, 0.6) is 0 Å². The zero-order valence-corrected chi connectivity index (χ0v) is 10.8. The van der Waals surface area contributed by atoms with Gasteiger partial charge in [0.1, 0.15) is 0 Å². The summed E-state index contributed by atoms with van der Waals surface area (Å²) in [5, 5.41) is 10.5. The van der Waals surface area contributed by atoms with Crippen LogP contribution in [0.2, 0.25) is 0 Å². The van der Waals surface area contributed by atoms with Crippen molar-refractivity contribution in [3.63, 3.8) is 0 Å². The molecule has 5 heteroatoms. The number of carbonyl (C=O) groups excluding carboxylic acids is 1. The molecule has 0 spiro atoms. The topological polar surface area (TPSA) is 63.5 Å². The summed E-state index contributed by atoms with van der Waals surface area (Å²) in [6.07, 6.45) is 1.63. The minimum absolute atomic E-state index is 0.0354. The van der Waals surface area contributed by atoms with Crippen LogP contribution in [0, 0.1) is 10.1 Å². The van der Waals surface area contributed by atoms with E-state index in [9.17, 15) is 14.9 Å². The summed E-state index contributed by atoms with van der Waals surface area (Å²) in [4.78, 5) is 23.9. The van der Waals surface area contributed by atoms with Crippen LogP contribution in [-0.2, 0) is 0 Å². The second-order valence-electron chi connectivity index (χ2n) is 4.24. The number of rotatable bonds is 6. The summed E-state index contributed by atoms with van der Waals surface area (Å²) in [6, 6.07) is 5.55. The first kappa shape index (κ1) is 14.6. The van der Waals surface area contributed by atoms with Crippen LogP contribution >= 0.6 is 0 Å². The largest absolute Gasteiger partial charge is 0.331 e. The molecule has 0 fully saturated rings. The monoisotopic (exact) mass is 260 g/mol. The zero-order valence-electron chi connectivity index (χ0n) is 10.8. The number of nitrogens with zero attached hydrogens (tertiary/aromatic N) is 2. The zero-order chi connectivity index (χ0) is 14.4. The minimum Gasteiger partial charge on any atom is -0.331 e. The highest BCUT2D eigenvalue weighted by Crippen LogP contribution is 2.14. The second-order valence-corrected chi connectivity index (χ2v) is 4.24. The minimum atomic E-state index is -0.496. The lowest BCUT2D eigenvalue weighted by atomic mass is 10.1. The lowest BCUT2D eigenvalue weighted by Gasteiger charge is -2.21. The molecule has 0 bridgehead atoms. The molecule has 0 N–H and O–H groups in total. The number of nitro groups is 1. The van der Waals surface area contributed by atoms with Crippen molar-refractivity contribution in [1.82, 2.24) is 4.90 Å². The van der Waals surface area contributed by atoms with Crippen molar-refractivity contribution in [3.05, 3.63) is 64.8 Å². The van der Waals surface area contributed by atoms with Gasteiger partial charge in [0.15, 0.2) is 0 Å². The summed E-state index contributed by atoms with van der Waals surface area (Å²) in [5.74, 6) is -0.196. The van der Waals surface area contributed by atoms with E-state index in [4.69, 9.17) is 0 Å². The van der Waals surface area contributed by atoms with Crippen molar-refractivity contribution in [1.29, 1.82) is 0 Å². The van der Waals surface area contributed by atoms with Gasteiger partial charge in [0.2, 0.25) is 0 Å². The third kappa shape index (κ3) is 4.06. The predicted molar refractivity (Wildman–Crippen MR) is 74.0 cm³/mol. The normalized spacial score (nSPS) is 9.74. The first-order valence-electron chi connectivity index (χ1n) is 5.74. The first-order chi connectivity index (χ1) is 8.95. The number of carbonyl (C=O) groups is 1. The fraction of sp³-hybridized carbons (Fsp3) is 0.214. The number of non-ortho nitro benzene ring substituents is 1. The van der Waals surface area contributed by atoms with E-state index in [0.717, 1.165) is 5.57 Å². The third-order valence-electron chi connectivity index (χ3n) is 2.42. The van der Waals surface area contributed by atoms with E-state index in [1.54, 1.807) is 11.0 Å². The highest BCUT2D eigenvalue weighted by atomic mass is 16.6. The van der Waals surface area contributed by atoms with E-state index in [0.29, 0.717) is 18.7 Å². The van der Waals surface area contributed by atoms with E-state index in [2.05, 4.69) is 13.2 Å².